The largest absolute Gasteiger partial charge is 0.329 e. The lowest BCUT2D eigenvalue weighted by Gasteiger charge is -2.08. The minimum Gasteiger partial charge on any atom is -0.329 e. The Hall–Kier alpha value is -2.21. The number of nitrogens with zero attached hydrogens (tertiary/aromatic N) is 3. The molecule has 6 nitrogen and oxygen atoms in total. The number of carbonyl (C=O) groups excluding carboxylic acids is 1. The normalized spacial score (nSPS) is 10.5. The van der Waals surface area contributed by atoms with Gasteiger partial charge in [0.05, 0.1) is 12.7 Å². The lowest BCUT2D eigenvalue weighted by molar-refractivity contribution is 0.102. The van der Waals surface area contributed by atoms with Crippen LogP contribution in [0.2, 0.25) is 0 Å². The van der Waals surface area contributed by atoms with Gasteiger partial charge in [0.15, 0.2) is 5.69 Å². The van der Waals surface area contributed by atoms with E-state index in [1.807, 2.05) is 32.0 Å². The Labute approximate surface area is 111 Å². The summed E-state index contributed by atoms with van der Waals surface area (Å²) in [7, 11) is 0. The van der Waals surface area contributed by atoms with E-state index >= 15 is 0 Å². The van der Waals surface area contributed by atoms with Crippen molar-refractivity contribution in [3.05, 3.63) is 41.2 Å². The van der Waals surface area contributed by atoms with Crippen molar-refractivity contribution in [1.29, 1.82) is 0 Å². The van der Waals surface area contributed by atoms with Crippen LogP contribution in [0, 0.1) is 13.8 Å². The summed E-state index contributed by atoms with van der Waals surface area (Å²) in [6.45, 7) is 4.98. The van der Waals surface area contributed by atoms with Crippen molar-refractivity contribution in [2.24, 2.45) is 5.73 Å². The molecular formula is C13H17N5O. The predicted octanol–water partition coefficient (Wildman–Crippen LogP) is 1.11. The van der Waals surface area contributed by atoms with E-state index < -0.39 is 0 Å². The van der Waals surface area contributed by atoms with Crippen LogP contribution in [0.4, 0.5) is 5.69 Å². The fourth-order valence-electron chi connectivity index (χ4n) is 1.72. The van der Waals surface area contributed by atoms with E-state index in [1.165, 1.54) is 0 Å². The number of rotatable bonds is 4. The Bertz CT molecular complexity index is 590. The zero-order valence-corrected chi connectivity index (χ0v) is 11.1. The van der Waals surface area contributed by atoms with Crippen LogP contribution >= 0.6 is 0 Å². The molecule has 2 aromatic rings. The first-order chi connectivity index (χ1) is 9.11. The number of hydrogen-bond donors (Lipinski definition) is 2. The summed E-state index contributed by atoms with van der Waals surface area (Å²) in [5, 5.41) is 10.5. The topological polar surface area (TPSA) is 85.8 Å². The molecule has 2 rings (SSSR count). The fourth-order valence-corrected chi connectivity index (χ4v) is 1.72. The molecule has 1 aromatic heterocycles. The third-order valence-electron chi connectivity index (χ3n) is 2.98. The van der Waals surface area contributed by atoms with E-state index in [9.17, 15) is 4.79 Å². The number of aromatic nitrogens is 3. The van der Waals surface area contributed by atoms with E-state index in [0.29, 0.717) is 13.1 Å². The Morgan fingerprint density at radius 1 is 1.42 bits per heavy atom. The van der Waals surface area contributed by atoms with Gasteiger partial charge in [-0.05, 0) is 31.0 Å². The number of carbonyl (C=O) groups is 1. The maximum absolute atomic E-state index is 12.0. The summed E-state index contributed by atoms with van der Waals surface area (Å²) >= 11 is 0. The van der Waals surface area contributed by atoms with Crippen LogP contribution in [0.15, 0.2) is 24.4 Å². The molecule has 0 spiro atoms. The molecule has 0 aliphatic carbocycles. The molecule has 1 heterocycles. The predicted molar refractivity (Wildman–Crippen MR) is 72.9 cm³/mol. The molecular weight excluding hydrogens is 242 g/mol. The summed E-state index contributed by atoms with van der Waals surface area (Å²) in [6.07, 6.45) is 1.59. The molecule has 0 aliphatic heterocycles. The van der Waals surface area contributed by atoms with E-state index in [0.717, 1.165) is 16.8 Å². The van der Waals surface area contributed by atoms with Crippen LogP contribution in [-0.2, 0) is 6.54 Å². The molecule has 100 valence electrons. The quantitative estimate of drug-likeness (QED) is 0.861. The maximum Gasteiger partial charge on any atom is 0.277 e. The van der Waals surface area contributed by atoms with E-state index in [4.69, 9.17) is 5.73 Å². The number of anilines is 1. The fraction of sp³-hybridized carbons (Fsp3) is 0.308. The first-order valence-electron chi connectivity index (χ1n) is 6.09. The summed E-state index contributed by atoms with van der Waals surface area (Å²) < 4.78 is 1.55. The van der Waals surface area contributed by atoms with Crippen molar-refractivity contribution in [3.8, 4) is 0 Å². The summed E-state index contributed by atoms with van der Waals surface area (Å²) in [5.41, 5.74) is 8.67. The van der Waals surface area contributed by atoms with Crippen molar-refractivity contribution in [1.82, 2.24) is 15.0 Å². The van der Waals surface area contributed by atoms with Gasteiger partial charge in [-0.3, -0.25) is 9.48 Å². The van der Waals surface area contributed by atoms with Crippen LogP contribution in [0.25, 0.3) is 0 Å². The van der Waals surface area contributed by atoms with Gasteiger partial charge in [-0.25, -0.2) is 0 Å². The number of amides is 1. The number of nitrogens with one attached hydrogen (secondary N) is 1. The van der Waals surface area contributed by atoms with Crippen molar-refractivity contribution >= 4 is 11.6 Å². The third kappa shape index (κ3) is 2.97. The van der Waals surface area contributed by atoms with E-state index in [2.05, 4.69) is 15.6 Å². The molecule has 0 saturated carbocycles. The Balaban J connectivity index is 2.14. The standard InChI is InChI=1S/C13H17N5O/c1-9-4-3-5-11(10(9)2)15-13(19)12-8-18(7-6-14)17-16-12/h3-5,8H,6-7,14H2,1-2H3,(H,15,19). The van der Waals surface area contributed by atoms with E-state index in [1.54, 1.807) is 10.9 Å². The first-order valence-corrected chi connectivity index (χ1v) is 6.09. The van der Waals surface area contributed by atoms with Gasteiger partial charge in [-0.2, -0.15) is 0 Å². The van der Waals surface area contributed by atoms with Gasteiger partial charge < -0.3 is 11.1 Å². The molecule has 0 radical (unpaired) electrons. The first kappa shape index (κ1) is 13.2. The highest BCUT2D eigenvalue weighted by Gasteiger charge is 2.12. The van der Waals surface area contributed by atoms with Crippen LogP contribution in [0.5, 0.6) is 0 Å². The molecule has 0 unspecified atom stereocenters. The summed E-state index contributed by atoms with van der Waals surface area (Å²) in [5.74, 6) is -0.267. The smallest absolute Gasteiger partial charge is 0.277 e. The van der Waals surface area contributed by atoms with Gasteiger partial charge in [-0.15, -0.1) is 5.10 Å². The molecule has 3 N–H and O–H groups in total. The average molecular weight is 259 g/mol. The van der Waals surface area contributed by atoms with Gasteiger partial charge in [0, 0.05) is 12.2 Å². The van der Waals surface area contributed by atoms with Gasteiger partial charge >= 0.3 is 0 Å². The third-order valence-corrected chi connectivity index (χ3v) is 2.98. The lowest BCUT2D eigenvalue weighted by Crippen LogP contribution is -2.14. The van der Waals surface area contributed by atoms with Crippen molar-refractivity contribution in [2.75, 3.05) is 11.9 Å². The highest BCUT2D eigenvalue weighted by atomic mass is 16.2. The Morgan fingerprint density at radius 3 is 2.95 bits per heavy atom. The zero-order chi connectivity index (χ0) is 13.8. The van der Waals surface area contributed by atoms with Crippen molar-refractivity contribution in [2.45, 2.75) is 20.4 Å². The monoisotopic (exact) mass is 259 g/mol. The van der Waals surface area contributed by atoms with Crippen LogP contribution in [0.3, 0.4) is 0 Å². The molecule has 0 saturated heterocycles. The second-order valence-electron chi connectivity index (χ2n) is 4.36. The van der Waals surface area contributed by atoms with Crippen LogP contribution in [0.1, 0.15) is 21.6 Å². The molecule has 0 fully saturated rings. The maximum atomic E-state index is 12.0. The van der Waals surface area contributed by atoms with Crippen LogP contribution < -0.4 is 11.1 Å². The number of nitrogens with two attached hydrogens (primary N) is 1. The minimum atomic E-state index is -0.267. The SMILES string of the molecule is Cc1cccc(NC(=O)c2cn(CCN)nn2)c1C. The Morgan fingerprint density at radius 2 is 2.21 bits per heavy atom. The molecule has 0 bridgehead atoms. The second kappa shape index (κ2) is 5.62. The molecule has 1 amide bonds. The zero-order valence-electron chi connectivity index (χ0n) is 11.1. The van der Waals surface area contributed by atoms with Crippen molar-refractivity contribution in [3.63, 3.8) is 0 Å². The van der Waals surface area contributed by atoms with Gasteiger partial charge in [-0.1, -0.05) is 17.3 Å². The van der Waals surface area contributed by atoms with Gasteiger partial charge in [0.1, 0.15) is 0 Å². The minimum absolute atomic E-state index is 0.267. The number of benzene rings is 1. The molecule has 1 aromatic carbocycles. The Kier molecular flexibility index (Phi) is 3.91. The van der Waals surface area contributed by atoms with Crippen molar-refractivity contribution < 1.29 is 4.79 Å². The summed E-state index contributed by atoms with van der Waals surface area (Å²) in [6, 6.07) is 5.77. The second-order valence-corrected chi connectivity index (χ2v) is 4.36. The van der Waals surface area contributed by atoms with E-state index in [-0.39, 0.29) is 11.6 Å². The molecule has 0 atom stereocenters. The molecule has 6 heteroatoms. The summed E-state index contributed by atoms with van der Waals surface area (Å²) in [4.78, 5) is 12.0. The van der Waals surface area contributed by atoms with Crippen LogP contribution in [-0.4, -0.2) is 27.4 Å². The number of hydrogen-bond acceptors (Lipinski definition) is 4. The highest BCUT2D eigenvalue weighted by molar-refractivity contribution is 6.03. The van der Waals surface area contributed by atoms with Gasteiger partial charge in [0.2, 0.25) is 0 Å². The molecule has 19 heavy (non-hydrogen) atoms. The molecule has 0 aliphatic rings. The average Bonchev–Trinajstić information content (AvgIpc) is 2.84. The lowest BCUT2D eigenvalue weighted by atomic mass is 10.1. The number of aryl methyl sites for hydroxylation is 1. The highest BCUT2D eigenvalue weighted by Crippen LogP contribution is 2.18. The van der Waals surface area contributed by atoms with Gasteiger partial charge in [0.25, 0.3) is 5.91 Å².